The van der Waals surface area contributed by atoms with Gasteiger partial charge in [-0.1, -0.05) is 23.7 Å². The first-order valence-corrected chi connectivity index (χ1v) is 10.1. The normalized spacial score (nSPS) is 16.7. The van der Waals surface area contributed by atoms with Crippen molar-refractivity contribution in [3.8, 4) is 5.75 Å². The molecule has 0 bridgehead atoms. The fourth-order valence-corrected chi connectivity index (χ4v) is 4.90. The summed E-state index contributed by atoms with van der Waals surface area (Å²) in [6, 6.07) is 10.3. The maximum absolute atomic E-state index is 12.7. The molecule has 0 amide bonds. The molecule has 1 aliphatic heterocycles. The summed E-state index contributed by atoms with van der Waals surface area (Å²) in [5.41, 5.74) is 0.915. The number of hydrogen-bond donors (Lipinski definition) is 0. The van der Waals surface area contributed by atoms with Crippen LogP contribution >= 0.6 is 11.6 Å². The molecule has 1 fully saturated rings. The van der Waals surface area contributed by atoms with E-state index in [-0.39, 0.29) is 9.92 Å². The summed E-state index contributed by atoms with van der Waals surface area (Å²) in [5.74, 6) is 1.14. The number of benzene rings is 1. The van der Waals surface area contributed by atoms with Crippen LogP contribution in [0.15, 0.2) is 47.5 Å². The van der Waals surface area contributed by atoms with Crippen molar-refractivity contribution in [1.82, 2.24) is 9.29 Å². The Balaban J connectivity index is 1.57. The highest BCUT2D eigenvalue weighted by Crippen LogP contribution is 2.28. The topological polar surface area (TPSA) is 59.5 Å². The minimum Gasteiger partial charge on any atom is -0.493 e. The van der Waals surface area contributed by atoms with Crippen LogP contribution < -0.4 is 4.74 Å². The van der Waals surface area contributed by atoms with Crippen molar-refractivity contribution in [3.63, 3.8) is 0 Å². The van der Waals surface area contributed by atoms with E-state index in [0.717, 1.165) is 24.3 Å². The summed E-state index contributed by atoms with van der Waals surface area (Å²) in [5, 5.41) is 0.265. The molecule has 0 N–H and O–H groups in total. The van der Waals surface area contributed by atoms with Crippen molar-refractivity contribution in [3.05, 3.63) is 53.3 Å². The lowest BCUT2D eigenvalue weighted by Gasteiger charge is -2.31. The molecule has 0 unspecified atom stereocenters. The summed E-state index contributed by atoms with van der Waals surface area (Å²) in [6.07, 6.45) is 3.27. The number of aryl methyl sites for hydroxylation is 1. The van der Waals surface area contributed by atoms with E-state index in [0.29, 0.717) is 25.6 Å². The fraction of sp³-hybridized carbons (Fsp3) is 0.389. The van der Waals surface area contributed by atoms with Gasteiger partial charge in [0.25, 0.3) is 0 Å². The first kappa shape index (κ1) is 18.2. The van der Waals surface area contributed by atoms with Crippen LogP contribution in [0.5, 0.6) is 5.75 Å². The molecule has 1 aromatic carbocycles. The van der Waals surface area contributed by atoms with Crippen molar-refractivity contribution in [2.45, 2.75) is 24.7 Å². The van der Waals surface area contributed by atoms with Crippen molar-refractivity contribution in [2.24, 2.45) is 5.92 Å². The van der Waals surface area contributed by atoms with Crippen LogP contribution in [0, 0.1) is 12.8 Å². The largest absolute Gasteiger partial charge is 0.493 e. The second-order valence-electron chi connectivity index (χ2n) is 6.22. The number of piperidine rings is 1. The molecular weight excluding hydrogens is 360 g/mol. The van der Waals surface area contributed by atoms with Gasteiger partial charge in [0, 0.05) is 31.0 Å². The Labute approximate surface area is 153 Å². The molecule has 25 heavy (non-hydrogen) atoms. The van der Waals surface area contributed by atoms with Crippen molar-refractivity contribution in [1.29, 1.82) is 0 Å². The highest BCUT2D eigenvalue weighted by atomic mass is 35.5. The first-order chi connectivity index (χ1) is 12.0. The van der Waals surface area contributed by atoms with E-state index in [1.165, 1.54) is 4.31 Å². The lowest BCUT2D eigenvalue weighted by molar-refractivity contribution is 0.185. The third-order valence-electron chi connectivity index (χ3n) is 4.38. The standard InChI is InChI=1S/C18H21ClN2O3S/c1-14-12-16(6-9-20-14)24-13-15-7-10-21(11-8-15)25(22,23)18-5-3-2-4-17(18)19/h2-6,9,12,15H,7-8,10-11,13H2,1H3. The van der Waals surface area contributed by atoms with E-state index in [1.54, 1.807) is 30.5 Å². The molecule has 5 nitrogen and oxygen atoms in total. The van der Waals surface area contributed by atoms with E-state index in [1.807, 2.05) is 19.1 Å². The van der Waals surface area contributed by atoms with Gasteiger partial charge in [-0.3, -0.25) is 4.98 Å². The minimum absolute atomic E-state index is 0.179. The predicted molar refractivity (Wildman–Crippen MR) is 97.4 cm³/mol. The van der Waals surface area contributed by atoms with E-state index in [9.17, 15) is 8.42 Å². The van der Waals surface area contributed by atoms with Crippen molar-refractivity contribution < 1.29 is 13.2 Å². The Hall–Kier alpha value is -1.63. The molecule has 2 heterocycles. The Kier molecular flexibility index (Phi) is 5.61. The number of halogens is 1. The molecule has 7 heteroatoms. The van der Waals surface area contributed by atoms with Crippen LogP contribution in [0.4, 0.5) is 0 Å². The second-order valence-corrected chi connectivity index (χ2v) is 8.54. The highest BCUT2D eigenvalue weighted by Gasteiger charge is 2.30. The zero-order chi connectivity index (χ0) is 17.9. The van der Waals surface area contributed by atoms with Gasteiger partial charge < -0.3 is 4.74 Å². The molecule has 1 aromatic heterocycles. The molecule has 0 aliphatic carbocycles. The maximum Gasteiger partial charge on any atom is 0.244 e. The quantitative estimate of drug-likeness (QED) is 0.796. The summed E-state index contributed by atoms with van der Waals surface area (Å²) in [7, 11) is -3.54. The lowest BCUT2D eigenvalue weighted by Crippen LogP contribution is -2.39. The summed E-state index contributed by atoms with van der Waals surface area (Å²) in [4.78, 5) is 4.32. The van der Waals surface area contributed by atoms with Crippen LogP contribution in [-0.4, -0.2) is 37.4 Å². The van der Waals surface area contributed by atoms with Gasteiger partial charge in [-0.05, 0) is 43.9 Å². The Morgan fingerprint density at radius 2 is 1.96 bits per heavy atom. The number of rotatable bonds is 5. The lowest BCUT2D eigenvalue weighted by atomic mass is 9.99. The maximum atomic E-state index is 12.7. The van der Waals surface area contributed by atoms with Crippen molar-refractivity contribution >= 4 is 21.6 Å². The average molecular weight is 381 g/mol. The van der Waals surface area contributed by atoms with E-state index >= 15 is 0 Å². The third-order valence-corrected chi connectivity index (χ3v) is 6.78. The molecule has 1 aliphatic rings. The third kappa shape index (κ3) is 4.32. The number of hydrogen-bond acceptors (Lipinski definition) is 4. The monoisotopic (exact) mass is 380 g/mol. The fourth-order valence-electron chi connectivity index (χ4n) is 2.93. The molecule has 0 atom stereocenters. The van der Waals surface area contributed by atoms with Crippen molar-refractivity contribution in [2.75, 3.05) is 19.7 Å². The highest BCUT2D eigenvalue weighted by molar-refractivity contribution is 7.89. The molecular formula is C18H21ClN2O3S. The number of ether oxygens (including phenoxy) is 1. The average Bonchev–Trinajstić information content (AvgIpc) is 2.61. The van der Waals surface area contributed by atoms with Gasteiger partial charge in [-0.2, -0.15) is 4.31 Å². The Morgan fingerprint density at radius 1 is 1.24 bits per heavy atom. The molecule has 0 radical (unpaired) electrons. The zero-order valence-corrected chi connectivity index (χ0v) is 15.6. The molecule has 3 rings (SSSR count). The summed E-state index contributed by atoms with van der Waals surface area (Å²) in [6.45, 7) is 3.47. The predicted octanol–water partition coefficient (Wildman–Crippen LogP) is 3.52. The van der Waals surface area contributed by atoms with Gasteiger partial charge in [0.15, 0.2) is 0 Å². The summed E-state index contributed by atoms with van der Waals surface area (Å²) < 4.78 is 32.8. The second kappa shape index (κ2) is 7.72. The number of nitrogens with zero attached hydrogens (tertiary/aromatic N) is 2. The van der Waals surface area contributed by atoms with E-state index < -0.39 is 10.0 Å². The van der Waals surface area contributed by atoms with Crippen LogP contribution in [0.1, 0.15) is 18.5 Å². The Bertz CT molecular complexity index is 834. The summed E-state index contributed by atoms with van der Waals surface area (Å²) >= 11 is 6.06. The van der Waals surface area contributed by atoms with E-state index in [4.69, 9.17) is 16.3 Å². The zero-order valence-electron chi connectivity index (χ0n) is 14.1. The van der Waals surface area contributed by atoms with Crippen LogP contribution in [0.25, 0.3) is 0 Å². The van der Waals surface area contributed by atoms with Gasteiger partial charge in [0.05, 0.1) is 11.6 Å². The molecule has 0 spiro atoms. The number of aromatic nitrogens is 1. The Morgan fingerprint density at radius 3 is 2.64 bits per heavy atom. The number of sulfonamides is 1. The molecule has 1 saturated heterocycles. The molecule has 134 valence electrons. The van der Waals surface area contributed by atoms with Crippen LogP contribution in [0.2, 0.25) is 5.02 Å². The van der Waals surface area contributed by atoms with Gasteiger partial charge >= 0.3 is 0 Å². The SMILES string of the molecule is Cc1cc(OCC2CCN(S(=O)(=O)c3ccccc3Cl)CC2)ccn1. The van der Waals surface area contributed by atoms with Gasteiger partial charge in [-0.15, -0.1) is 0 Å². The van der Waals surface area contributed by atoms with Gasteiger partial charge in [0.1, 0.15) is 10.6 Å². The van der Waals surface area contributed by atoms with Crippen LogP contribution in [0.3, 0.4) is 0 Å². The minimum atomic E-state index is -3.54. The smallest absolute Gasteiger partial charge is 0.244 e. The van der Waals surface area contributed by atoms with E-state index in [2.05, 4.69) is 4.98 Å². The van der Waals surface area contributed by atoms with Crippen LogP contribution in [-0.2, 0) is 10.0 Å². The van der Waals surface area contributed by atoms with Gasteiger partial charge in [0.2, 0.25) is 10.0 Å². The first-order valence-electron chi connectivity index (χ1n) is 8.27. The molecule has 2 aromatic rings. The number of pyridine rings is 1. The molecule has 0 saturated carbocycles. The van der Waals surface area contributed by atoms with Gasteiger partial charge in [-0.25, -0.2) is 8.42 Å².